The molecule has 1 spiro atoms. The molecule has 55 heavy (non-hydrogen) atoms. The van der Waals surface area contributed by atoms with E-state index in [1.807, 2.05) is 43.3 Å². The number of ether oxygens (including phenoxy) is 3. The Morgan fingerprint density at radius 1 is 1.04 bits per heavy atom. The van der Waals surface area contributed by atoms with Crippen LogP contribution in [0.1, 0.15) is 37.3 Å². The number of fused-ring (bicyclic) bond motifs is 2. The molecule has 0 aliphatic carbocycles. The topological polar surface area (TPSA) is 154 Å². The Hall–Kier alpha value is -5.31. The molecular formula is C41H46N4O9Si. The summed E-state index contributed by atoms with van der Waals surface area (Å²) in [6.45, 7) is 6.88. The predicted octanol–water partition coefficient (Wildman–Crippen LogP) is 4.90. The van der Waals surface area contributed by atoms with Gasteiger partial charge in [0.05, 0.1) is 64.6 Å². The molecular weight excluding hydrogens is 721 g/mol. The van der Waals surface area contributed by atoms with Gasteiger partial charge in [-0.2, -0.15) is 0 Å². The van der Waals surface area contributed by atoms with Crippen LogP contribution in [-0.4, -0.2) is 78.9 Å². The molecule has 0 radical (unpaired) electrons. The lowest BCUT2D eigenvalue weighted by molar-refractivity contribution is -0.385. The fraction of sp³-hybridized carbons (Fsp3) is 0.390. The van der Waals surface area contributed by atoms with E-state index in [-0.39, 0.29) is 60.0 Å². The second kappa shape index (κ2) is 14.7. The summed E-state index contributed by atoms with van der Waals surface area (Å²) in [5.41, 5.74) is -0.240. The van der Waals surface area contributed by atoms with E-state index in [1.165, 1.54) is 23.8 Å². The molecule has 4 heterocycles. The Morgan fingerprint density at radius 2 is 1.80 bits per heavy atom. The van der Waals surface area contributed by atoms with Crippen LogP contribution >= 0.6 is 0 Å². The van der Waals surface area contributed by atoms with Gasteiger partial charge in [0, 0.05) is 42.0 Å². The molecule has 0 unspecified atom stereocenters. The number of pyridine rings is 1. The number of aromatic nitrogens is 1. The lowest BCUT2D eigenvalue weighted by atomic mass is 9.82. The maximum atomic E-state index is 15.3. The molecule has 5 atom stereocenters. The van der Waals surface area contributed by atoms with Gasteiger partial charge in [-0.1, -0.05) is 49.5 Å². The Bertz CT molecular complexity index is 2190. The van der Waals surface area contributed by atoms with Gasteiger partial charge >= 0.3 is 0 Å². The number of anilines is 1. The monoisotopic (exact) mass is 766 g/mol. The zero-order chi connectivity index (χ0) is 39.2. The SMILES string of the molecule is COc1ccc([Si](C)(C)[C@@H]2[C@@H](CC(=O)N3CCC[C@H]3CO)O[C@]3(C(=O)N(Cc4cccc(-n5cccc(OC)c5=O)c4)c4ccc([N+](=O)[O-])cc43)[C@H]2C)cc1. The summed E-state index contributed by atoms with van der Waals surface area (Å²) >= 11 is 0. The highest BCUT2D eigenvalue weighted by atomic mass is 28.3. The first-order chi connectivity index (χ1) is 26.3. The fourth-order valence-corrected chi connectivity index (χ4v) is 13.2. The number of hydrogen-bond donors (Lipinski definition) is 1. The average Bonchev–Trinajstić information content (AvgIpc) is 3.85. The van der Waals surface area contributed by atoms with Crippen molar-refractivity contribution in [3.05, 3.63) is 117 Å². The highest BCUT2D eigenvalue weighted by molar-refractivity contribution is 6.91. The summed E-state index contributed by atoms with van der Waals surface area (Å²) in [6.07, 6.45) is 2.43. The third-order valence-electron chi connectivity index (χ3n) is 12.0. The molecule has 14 heteroatoms. The van der Waals surface area contributed by atoms with Crippen molar-refractivity contribution < 1.29 is 33.8 Å². The molecule has 0 saturated carbocycles. The maximum absolute atomic E-state index is 15.3. The van der Waals surface area contributed by atoms with Gasteiger partial charge in [-0.3, -0.25) is 29.1 Å². The standard InChI is InChI=1S/C41H46N4O9Si/c1-26-38(55(4,5)32-16-14-31(52-2)15-17-32)36(23-37(47)42-19-7-11-30(42)25-46)54-41(26)33-22-29(45(50)51)13-18-34(33)44(40(41)49)24-27-9-6-10-28(21-27)43-20-8-12-35(53-3)39(43)48/h6,8-10,12-18,20-22,26,30,36,38,46H,7,11,19,23-25H2,1-5H3/t26-,30-,36+,38-,41+/m0/s1. The lowest BCUT2D eigenvalue weighted by Gasteiger charge is -2.37. The summed E-state index contributed by atoms with van der Waals surface area (Å²) in [5, 5.41) is 23.4. The highest BCUT2D eigenvalue weighted by Gasteiger charge is 2.67. The number of likely N-dealkylation sites (tertiary alicyclic amines) is 1. The van der Waals surface area contributed by atoms with Crippen molar-refractivity contribution >= 4 is 36.4 Å². The van der Waals surface area contributed by atoms with Gasteiger partial charge in [-0.05, 0) is 66.4 Å². The van der Waals surface area contributed by atoms with E-state index in [0.717, 1.165) is 11.6 Å². The molecule has 2 saturated heterocycles. The number of rotatable bonds is 11. The number of hydrogen-bond acceptors (Lipinski definition) is 9. The molecule has 2 fully saturated rings. The van der Waals surface area contributed by atoms with Gasteiger partial charge in [-0.25, -0.2) is 0 Å². The van der Waals surface area contributed by atoms with Crippen LogP contribution in [0.4, 0.5) is 11.4 Å². The average molecular weight is 767 g/mol. The van der Waals surface area contributed by atoms with Crippen molar-refractivity contribution in [3.63, 3.8) is 0 Å². The first kappa shape index (κ1) is 38.0. The molecule has 0 bridgehead atoms. The molecule has 13 nitrogen and oxygen atoms in total. The number of methoxy groups -OCH3 is 2. The van der Waals surface area contributed by atoms with Crippen LogP contribution in [0.3, 0.4) is 0 Å². The quantitative estimate of drug-likeness (QED) is 0.128. The van der Waals surface area contributed by atoms with E-state index in [4.69, 9.17) is 14.2 Å². The number of aliphatic hydroxyl groups is 1. The Kier molecular flexibility index (Phi) is 10.2. The number of amides is 2. The Morgan fingerprint density at radius 3 is 2.49 bits per heavy atom. The second-order valence-corrected chi connectivity index (χ2v) is 19.9. The zero-order valence-corrected chi connectivity index (χ0v) is 32.6. The maximum Gasteiger partial charge on any atom is 0.297 e. The first-order valence-electron chi connectivity index (χ1n) is 18.5. The smallest absolute Gasteiger partial charge is 0.297 e. The fourth-order valence-electron chi connectivity index (χ4n) is 9.24. The molecule has 7 rings (SSSR count). The minimum Gasteiger partial charge on any atom is -0.497 e. The van der Waals surface area contributed by atoms with E-state index in [9.17, 15) is 24.8 Å². The minimum atomic E-state index is -2.62. The molecule has 1 aromatic heterocycles. The summed E-state index contributed by atoms with van der Waals surface area (Å²) < 4.78 is 19.2. The number of aliphatic hydroxyl groups excluding tert-OH is 1. The number of nitrogens with zero attached hydrogens (tertiary/aromatic N) is 4. The summed E-state index contributed by atoms with van der Waals surface area (Å²) in [7, 11) is 0.421. The van der Waals surface area contributed by atoms with Gasteiger partial charge in [0.1, 0.15) is 5.75 Å². The van der Waals surface area contributed by atoms with Gasteiger partial charge < -0.3 is 29.1 Å². The predicted molar refractivity (Wildman–Crippen MR) is 209 cm³/mol. The van der Waals surface area contributed by atoms with Crippen LogP contribution in [0.15, 0.2) is 89.9 Å². The van der Waals surface area contributed by atoms with Crippen molar-refractivity contribution in [2.75, 3.05) is 32.3 Å². The largest absolute Gasteiger partial charge is 0.497 e. The van der Waals surface area contributed by atoms with E-state index >= 15 is 4.79 Å². The molecule has 2 amide bonds. The van der Waals surface area contributed by atoms with Crippen molar-refractivity contribution in [2.45, 2.75) is 69.1 Å². The van der Waals surface area contributed by atoms with E-state index in [2.05, 4.69) is 13.1 Å². The Labute approximate surface area is 320 Å². The number of nitro groups is 1. The first-order valence-corrected chi connectivity index (χ1v) is 21.6. The van der Waals surface area contributed by atoms with Gasteiger partial charge in [0.25, 0.3) is 17.2 Å². The minimum absolute atomic E-state index is 0.00524. The zero-order valence-electron chi connectivity index (χ0n) is 31.6. The molecule has 1 N–H and O–H groups in total. The van der Waals surface area contributed by atoms with Gasteiger partial charge in [-0.15, -0.1) is 0 Å². The highest BCUT2D eigenvalue weighted by Crippen LogP contribution is 2.60. The molecule has 3 aliphatic rings. The van der Waals surface area contributed by atoms with E-state index in [1.54, 1.807) is 53.4 Å². The molecule has 3 aliphatic heterocycles. The van der Waals surface area contributed by atoms with Gasteiger partial charge in [0.2, 0.25) is 5.91 Å². The Balaban J connectivity index is 1.32. The van der Waals surface area contributed by atoms with E-state index < -0.39 is 30.6 Å². The van der Waals surface area contributed by atoms with Crippen molar-refractivity contribution in [1.82, 2.24) is 9.47 Å². The van der Waals surface area contributed by atoms with E-state index in [0.29, 0.717) is 41.2 Å². The molecule has 3 aromatic carbocycles. The third kappa shape index (κ3) is 6.41. The molecule has 4 aromatic rings. The van der Waals surface area contributed by atoms with Crippen molar-refractivity contribution in [1.29, 1.82) is 0 Å². The summed E-state index contributed by atoms with van der Waals surface area (Å²) in [6, 6.07) is 22.6. The lowest BCUT2D eigenvalue weighted by Crippen LogP contribution is -2.52. The van der Waals surface area contributed by atoms with Crippen LogP contribution in [-0.2, 0) is 26.5 Å². The number of nitro benzene ring substituents is 1. The number of carbonyl (C=O) groups excluding carboxylic acids is 2. The van der Waals surface area contributed by atoms with Gasteiger partial charge in [0.15, 0.2) is 11.4 Å². The van der Waals surface area contributed by atoms with Crippen LogP contribution in [0.5, 0.6) is 11.5 Å². The number of benzene rings is 3. The second-order valence-electron chi connectivity index (χ2n) is 15.2. The van der Waals surface area contributed by atoms with Crippen molar-refractivity contribution in [3.8, 4) is 17.2 Å². The summed E-state index contributed by atoms with van der Waals surface area (Å²) in [5.74, 6) is -0.122. The number of non-ortho nitro benzene ring substituents is 1. The third-order valence-corrected chi connectivity index (χ3v) is 16.3. The summed E-state index contributed by atoms with van der Waals surface area (Å²) in [4.78, 5) is 57.5. The normalized spacial score (nSPS) is 23.3. The number of carbonyl (C=O) groups is 2. The van der Waals surface area contributed by atoms with Crippen molar-refractivity contribution in [2.24, 2.45) is 5.92 Å². The molecule has 288 valence electrons. The van der Waals surface area contributed by atoms with Crippen LogP contribution in [0, 0.1) is 16.0 Å². The van der Waals surface area contributed by atoms with Crippen LogP contribution in [0.2, 0.25) is 18.6 Å². The van der Waals surface area contributed by atoms with Crippen LogP contribution < -0.4 is 25.1 Å². The van der Waals surface area contributed by atoms with Crippen LogP contribution in [0.25, 0.3) is 5.69 Å².